The number of ether oxygens (including phenoxy) is 2. The number of esters is 2. The molecule has 424 valence electrons. The van der Waals surface area contributed by atoms with Crippen LogP contribution in [0.1, 0.15) is 219 Å². The molecule has 0 heterocycles. The molecule has 0 amide bonds. The van der Waals surface area contributed by atoms with Crippen molar-refractivity contribution in [3.05, 3.63) is 146 Å². The summed E-state index contributed by atoms with van der Waals surface area (Å²) in [6.07, 6.45) is 85.3. The van der Waals surface area contributed by atoms with E-state index >= 15 is 0 Å². The predicted octanol–water partition coefficient (Wildman–Crippen LogP) is 18.7. The number of nitrogens with two attached hydrogens (primary N) is 1. The van der Waals surface area contributed by atoms with Crippen LogP contribution in [0, 0.1) is 0 Å². The molecule has 10 heteroatoms. The monoisotopic (exact) mass is 1060 g/mol. The lowest BCUT2D eigenvalue weighted by atomic mass is 10.0. The number of rotatable bonds is 53. The van der Waals surface area contributed by atoms with E-state index in [1.807, 2.05) is 12.2 Å². The third-order valence-corrected chi connectivity index (χ3v) is 12.7. The summed E-state index contributed by atoms with van der Waals surface area (Å²) in [5.74, 6) is -0.982. The van der Waals surface area contributed by atoms with Gasteiger partial charge in [-0.25, -0.2) is 4.57 Å². The maximum atomic E-state index is 12.7. The molecule has 0 radical (unpaired) electrons. The van der Waals surface area contributed by atoms with Gasteiger partial charge in [0.25, 0.3) is 0 Å². The van der Waals surface area contributed by atoms with E-state index in [4.69, 9.17) is 24.3 Å². The molecule has 2 unspecified atom stereocenters. The molecular weight excluding hydrogens is 954 g/mol. The molecule has 0 aliphatic carbocycles. The van der Waals surface area contributed by atoms with Gasteiger partial charge in [-0.2, -0.15) is 0 Å². The minimum Gasteiger partial charge on any atom is -0.461 e. The third kappa shape index (κ3) is 59.0. The number of phosphoric ester groups is 1. The summed E-state index contributed by atoms with van der Waals surface area (Å²) in [5.41, 5.74) is 5.37. The molecule has 0 aromatic rings. The molecule has 0 aliphatic heterocycles. The molecule has 75 heavy (non-hydrogen) atoms. The second-order valence-electron chi connectivity index (χ2n) is 18.8. The van der Waals surface area contributed by atoms with Crippen molar-refractivity contribution in [3.8, 4) is 0 Å². The first-order valence-electron chi connectivity index (χ1n) is 29.3. The van der Waals surface area contributed by atoms with Crippen LogP contribution in [0.25, 0.3) is 0 Å². The molecule has 0 rings (SSSR count). The van der Waals surface area contributed by atoms with E-state index in [0.29, 0.717) is 12.8 Å². The van der Waals surface area contributed by atoms with E-state index in [1.165, 1.54) is 89.9 Å². The number of unbranched alkanes of at least 4 members (excludes halogenated alkanes) is 17. The maximum absolute atomic E-state index is 12.7. The summed E-state index contributed by atoms with van der Waals surface area (Å²) in [7, 11) is -4.41. The molecule has 3 N–H and O–H groups in total. The van der Waals surface area contributed by atoms with Crippen LogP contribution in [-0.4, -0.2) is 49.3 Å². The van der Waals surface area contributed by atoms with Crippen LogP contribution in [0.15, 0.2) is 146 Å². The van der Waals surface area contributed by atoms with E-state index in [9.17, 15) is 19.0 Å². The lowest BCUT2D eigenvalue weighted by Gasteiger charge is -2.19. The molecule has 0 saturated heterocycles. The average Bonchev–Trinajstić information content (AvgIpc) is 3.40. The second-order valence-corrected chi connectivity index (χ2v) is 20.2. The van der Waals surface area contributed by atoms with Gasteiger partial charge in [0.2, 0.25) is 0 Å². The molecule has 0 aliphatic rings. The fourth-order valence-corrected chi connectivity index (χ4v) is 8.28. The van der Waals surface area contributed by atoms with Crippen LogP contribution < -0.4 is 5.73 Å². The van der Waals surface area contributed by atoms with E-state index < -0.39 is 32.5 Å². The molecule has 0 fully saturated rings. The van der Waals surface area contributed by atoms with Crippen LogP contribution in [0.5, 0.6) is 0 Å². The Labute approximate surface area is 458 Å². The number of allylic oxidation sites excluding steroid dienone is 23. The van der Waals surface area contributed by atoms with Crippen molar-refractivity contribution in [2.45, 2.75) is 225 Å². The highest BCUT2D eigenvalue weighted by atomic mass is 31.2. The van der Waals surface area contributed by atoms with Crippen LogP contribution in [0.4, 0.5) is 0 Å². The molecule has 0 aromatic heterocycles. The van der Waals surface area contributed by atoms with E-state index in [0.717, 1.165) is 89.9 Å². The van der Waals surface area contributed by atoms with E-state index in [-0.39, 0.29) is 32.6 Å². The summed E-state index contributed by atoms with van der Waals surface area (Å²) in [6.45, 7) is 3.38. The Morgan fingerprint density at radius 3 is 1.09 bits per heavy atom. The molecule has 9 nitrogen and oxygen atoms in total. The average molecular weight is 1060 g/mol. The largest absolute Gasteiger partial charge is 0.472 e. The van der Waals surface area contributed by atoms with Gasteiger partial charge in [0, 0.05) is 13.0 Å². The Bertz CT molecular complexity index is 1730. The van der Waals surface area contributed by atoms with Crippen LogP contribution in [0.2, 0.25) is 0 Å². The fraction of sp³-hybridized carbons (Fsp3) is 0.600. The van der Waals surface area contributed by atoms with Gasteiger partial charge in [-0.05, 0) is 96.3 Å². The maximum Gasteiger partial charge on any atom is 0.472 e. The molecule has 0 saturated carbocycles. The third-order valence-electron chi connectivity index (χ3n) is 11.8. The van der Waals surface area contributed by atoms with Gasteiger partial charge in [0.15, 0.2) is 6.10 Å². The summed E-state index contributed by atoms with van der Waals surface area (Å²) in [4.78, 5) is 35.0. The number of hydrogen-bond acceptors (Lipinski definition) is 8. The number of phosphoric acid groups is 1. The second kappa shape index (κ2) is 59.1. The van der Waals surface area contributed by atoms with Gasteiger partial charge in [0.1, 0.15) is 6.61 Å². The highest BCUT2D eigenvalue weighted by molar-refractivity contribution is 7.47. The minimum absolute atomic E-state index is 0.0361. The summed E-state index contributed by atoms with van der Waals surface area (Å²) in [5, 5.41) is 0. The van der Waals surface area contributed by atoms with Crippen molar-refractivity contribution in [3.63, 3.8) is 0 Å². The van der Waals surface area contributed by atoms with Crippen molar-refractivity contribution in [1.82, 2.24) is 0 Å². The Hall–Kier alpha value is -4.11. The molecule has 0 spiro atoms. The zero-order valence-electron chi connectivity index (χ0n) is 47.2. The van der Waals surface area contributed by atoms with Crippen molar-refractivity contribution in [2.24, 2.45) is 5.73 Å². The lowest BCUT2D eigenvalue weighted by molar-refractivity contribution is -0.160. The fourth-order valence-electron chi connectivity index (χ4n) is 7.51. The quantitative estimate of drug-likeness (QED) is 0.0264. The first-order valence-corrected chi connectivity index (χ1v) is 30.8. The van der Waals surface area contributed by atoms with Gasteiger partial charge >= 0.3 is 19.8 Å². The van der Waals surface area contributed by atoms with E-state index in [2.05, 4.69) is 141 Å². The van der Waals surface area contributed by atoms with Crippen molar-refractivity contribution in [1.29, 1.82) is 0 Å². The van der Waals surface area contributed by atoms with Gasteiger partial charge < -0.3 is 20.1 Å². The zero-order valence-corrected chi connectivity index (χ0v) is 48.1. The number of carbonyl (C=O) groups excluding carboxylic acids is 2. The highest BCUT2D eigenvalue weighted by Gasteiger charge is 2.26. The smallest absolute Gasteiger partial charge is 0.461 e. The number of hydrogen-bond donors (Lipinski definition) is 2. The van der Waals surface area contributed by atoms with Crippen molar-refractivity contribution >= 4 is 19.8 Å². The Balaban J connectivity index is 3.93. The summed E-state index contributed by atoms with van der Waals surface area (Å²) < 4.78 is 32.8. The number of carbonyl (C=O) groups is 2. The molecule has 0 bridgehead atoms. The summed E-state index contributed by atoms with van der Waals surface area (Å²) >= 11 is 0. The van der Waals surface area contributed by atoms with Crippen LogP contribution in [-0.2, 0) is 32.7 Å². The Morgan fingerprint density at radius 1 is 0.413 bits per heavy atom. The molecule has 0 aromatic carbocycles. The SMILES string of the molecule is CC/C=C\C/C=C\C/C=C\C/C=C\C/C=C\C/C=C\C/C=C\CCCCCCCCCCCCCCCCCCCC(=O)OC(COC(=O)C/C=C\C/C=C\C/C=C\C/C=C\C/C=C\CC)COP(=O)(O)OCCN. The highest BCUT2D eigenvalue weighted by Crippen LogP contribution is 2.43. The van der Waals surface area contributed by atoms with Gasteiger partial charge in [0.05, 0.1) is 19.6 Å². The normalized spacial score (nSPS) is 14.1. The predicted molar refractivity (Wildman–Crippen MR) is 320 cm³/mol. The van der Waals surface area contributed by atoms with Crippen LogP contribution in [0.3, 0.4) is 0 Å². The van der Waals surface area contributed by atoms with Gasteiger partial charge in [-0.3, -0.25) is 18.6 Å². The first-order chi connectivity index (χ1) is 36.8. The van der Waals surface area contributed by atoms with Gasteiger partial charge in [-0.15, -0.1) is 0 Å². The van der Waals surface area contributed by atoms with Crippen LogP contribution >= 0.6 is 7.82 Å². The Morgan fingerprint density at radius 2 is 0.733 bits per heavy atom. The Kier molecular flexibility index (Phi) is 55.9. The zero-order chi connectivity index (χ0) is 54.5. The lowest BCUT2D eigenvalue weighted by Crippen LogP contribution is -2.29. The van der Waals surface area contributed by atoms with E-state index in [1.54, 1.807) is 6.08 Å². The summed E-state index contributed by atoms with van der Waals surface area (Å²) in [6, 6.07) is 0. The minimum atomic E-state index is -4.41. The van der Waals surface area contributed by atoms with Crippen molar-refractivity contribution < 1.29 is 37.6 Å². The first kappa shape index (κ1) is 70.9. The topological polar surface area (TPSA) is 134 Å². The van der Waals surface area contributed by atoms with Gasteiger partial charge in [-0.1, -0.05) is 256 Å². The molecule has 2 atom stereocenters. The van der Waals surface area contributed by atoms with Crippen molar-refractivity contribution in [2.75, 3.05) is 26.4 Å². The molecular formula is C65H106NO8P. The standard InChI is InChI=1S/C65H106NO8P/c1-3-5-7-9-11-13-15-17-19-20-21-22-23-24-25-26-27-28-29-30-31-32-33-34-35-36-37-38-39-40-41-42-44-46-48-50-52-54-56-58-65(68)74-63(62-73-75(69,70)72-60-59-66)61-71-64(67)57-55-53-51-49-47-45-43-18-16-14-12-10-8-6-4-2/h5-8,11-14,17-19,21-22,24-25,27-28,30-31,43,47,49,53,55,63H,3-4,9-10,15-16,20,23,26,29,32-42,44-46,48,50-52,54,56-62,66H2,1-2H3,(H,69,70)/b7-5-,8-6-,13-11-,14-12-,19-17-,22-21-,25-24-,28-27-,31-30-,43-18-,49-47-,55-53-.